The van der Waals surface area contributed by atoms with Crippen LogP contribution in [-0.4, -0.2) is 34.4 Å². The predicted octanol–water partition coefficient (Wildman–Crippen LogP) is 3.76. The number of carbonyl (C=O) groups is 2. The van der Waals surface area contributed by atoms with Gasteiger partial charge in [0.2, 0.25) is 11.0 Å². The van der Waals surface area contributed by atoms with Crippen molar-refractivity contribution in [3.8, 4) is 11.1 Å². The molecule has 0 fully saturated rings. The SMILES string of the molecule is CCOC(=O)c1c(-c2ccccc2)csc1NC(=O)CSc1nnc(N)s1. The molecule has 0 saturated carbocycles. The Kier molecular flexibility index (Phi) is 6.43. The van der Waals surface area contributed by atoms with Crippen molar-refractivity contribution in [1.29, 1.82) is 0 Å². The van der Waals surface area contributed by atoms with Gasteiger partial charge in [0.15, 0.2) is 4.34 Å². The smallest absolute Gasteiger partial charge is 0.341 e. The van der Waals surface area contributed by atoms with Crippen molar-refractivity contribution in [2.24, 2.45) is 0 Å². The third-order valence-corrected chi connectivity index (χ3v) is 6.14. The number of anilines is 2. The van der Waals surface area contributed by atoms with E-state index in [0.717, 1.165) is 11.1 Å². The van der Waals surface area contributed by atoms with Gasteiger partial charge in [-0.25, -0.2) is 4.79 Å². The summed E-state index contributed by atoms with van der Waals surface area (Å²) in [6.45, 7) is 2.00. The first-order valence-electron chi connectivity index (χ1n) is 7.94. The number of amides is 1. The largest absolute Gasteiger partial charge is 0.462 e. The van der Waals surface area contributed by atoms with Gasteiger partial charge >= 0.3 is 5.97 Å². The quantitative estimate of drug-likeness (QED) is 0.443. The number of thioether (sulfide) groups is 1. The van der Waals surface area contributed by atoms with Crippen LogP contribution < -0.4 is 11.1 Å². The molecular formula is C17H16N4O3S3. The van der Waals surface area contributed by atoms with Gasteiger partial charge in [-0.05, 0) is 12.5 Å². The number of nitrogens with one attached hydrogen (secondary N) is 1. The summed E-state index contributed by atoms with van der Waals surface area (Å²) < 4.78 is 5.80. The predicted molar refractivity (Wildman–Crippen MR) is 109 cm³/mol. The van der Waals surface area contributed by atoms with Gasteiger partial charge in [-0.15, -0.1) is 21.5 Å². The summed E-state index contributed by atoms with van der Waals surface area (Å²) in [4.78, 5) is 24.8. The van der Waals surface area contributed by atoms with Crippen LogP contribution in [0.3, 0.4) is 0 Å². The van der Waals surface area contributed by atoms with Crippen LogP contribution in [0.1, 0.15) is 17.3 Å². The van der Waals surface area contributed by atoms with Crippen LogP contribution in [-0.2, 0) is 9.53 Å². The number of aromatic nitrogens is 2. The number of nitrogen functional groups attached to an aromatic ring is 1. The molecule has 2 heterocycles. The Morgan fingerprint density at radius 1 is 1.26 bits per heavy atom. The molecule has 1 amide bonds. The van der Waals surface area contributed by atoms with Gasteiger partial charge in [0.05, 0.1) is 12.4 Å². The van der Waals surface area contributed by atoms with Gasteiger partial charge in [0.25, 0.3) is 0 Å². The van der Waals surface area contributed by atoms with Crippen LogP contribution in [0.4, 0.5) is 10.1 Å². The number of rotatable bonds is 7. The van der Waals surface area contributed by atoms with Gasteiger partial charge in [0, 0.05) is 10.9 Å². The highest BCUT2D eigenvalue weighted by Crippen LogP contribution is 2.36. The first-order valence-corrected chi connectivity index (χ1v) is 10.6. The second-order valence-corrected chi connectivity index (χ2v) is 8.29. The Morgan fingerprint density at radius 2 is 2.04 bits per heavy atom. The lowest BCUT2D eigenvalue weighted by atomic mass is 10.0. The lowest BCUT2D eigenvalue weighted by Gasteiger charge is -2.08. The maximum absolute atomic E-state index is 12.5. The van der Waals surface area contributed by atoms with Crippen LogP contribution in [0.15, 0.2) is 40.1 Å². The van der Waals surface area contributed by atoms with Gasteiger partial charge in [-0.2, -0.15) is 0 Å². The third-order valence-electron chi connectivity index (χ3n) is 3.36. The van der Waals surface area contributed by atoms with E-state index in [2.05, 4.69) is 15.5 Å². The van der Waals surface area contributed by atoms with E-state index in [1.165, 1.54) is 34.4 Å². The molecule has 7 nitrogen and oxygen atoms in total. The molecule has 3 aromatic rings. The number of hydrogen-bond donors (Lipinski definition) is 2. The second-order valence-electron chi connectivity index (χ2n) is 5.18. The summed E-state index contributed by atoms with van der Waals surface area (Å²) in [5.41, 5.74) is 7.52. The van der Waals surface area contributed by atoms with E-state index in [9.17, 15) is 9.59 Å². The molecule has 2 aromatic heterocycles. The fourth-order valence-electron chi connectivity index (χ4n) is 2.25. The van der Waals surface area contributed by atoms with Crippen molar-refractivity contribution < 1.29 is 14.3 Å². The molecular weight excluding hydrogens is 404 g/mol. The second kappa shape index (κ2) is 8.98. The zero-order valence-electron chi connectivity index (χ0n) is 14.3. The number of hydrogen-bond acceptors (Lipinski definition) is 9. The zero-order valence-corrected chi connectivity index (χ0v) is 16.7. The Morgan fingerprint density at radius 3 is 2.70 bits per heavy atom. The maximum atomic E-state index is 12.5. The van der Waals surface area contributed by atoms with E-state index in [4.69, 9.17) is 10.5 Å². The molecule has 0 atom stereocenters. The van der Waals surface area contributed by atoms with Gasteiger partial charge < -0.3 is 15.8 Å². The molecule has 0 saturated heterocycles. The molecule has 0 radical (unpaired) electrons. The number of nitrogens with zero attached hydrogens (tertiary/aromatic N) is 2. The highest BCUT2D eigenvalue weighted by Gasteiger charge is 2.22. The summed E-state index contributed by atoms with van der Waals surface area (Å²) in [6.07, 6.45) is 0. The highest BCUT2D eigenvalue weighted by molar-refractivity contribution is 8.01. The molecule has 27 heavy (non-hydrogen) atoms. The topological polar surface area (TPSA) is 107 Å². The standard InChI is InChI=1S/C17H16N4O3S3/c1-2-24-15(23)13-11(10-6-4-3-5-7-10)8-25-14(13)19-12(22)9-26-17-21-20-16(18)27-17/h3-8H,2,9H2,1H3,(H2,18,20)(H,19,22). The fraction of sp³-hybridized carbons (Fsp3) is 0.176. The van der Waals surface area contributed by atoms with Crippen LogP contribution >= 0.6 is 34.4 Å². The monoisotopic (exact) mass is 420 g/mol. The average Bonchev–Trinajstić information content (AvgIpc) is 3.27. The van der Waals surface area contributed by atoms with Crippen LogP contribution in [0.2, 0.25) is 0 Å². The third kappa shape index (κ3) is 4.85. The number of thiophene rings is 1. The number of carbonyl (C=O) groups excluding carboxylic acids is 2. The number of ether oxygens (including phenoxy) is 1. The summed E-state index contributed by atoms with van der Waals surface area (Å²) in [5.74, 6) is -0.576. The maximum Gasteiger partial charge on any atom is 0.341 e. The van der Waals surface area contributed by atoms with Gasteiger partial charge in [0.1, 0.15) is 10.6 Å². The number of benzene rings is 1. The van der Waals surface area contributed by atoms with E-state index in [1.54, 1.807) is 6.92 Å². The van der Waals surface area contributed by atoms with E-state index in [-0.39, 0.29) is 18.3 Å². The molecule has 10 heteroatoms. The minimum Gasteiger partial charge on any atom is -0.462 e. The number of esters is 1. The molecule has 1 aromatic carbocycles. The summed E-state index contributed by atoms with van der Waals surface area (Å²) in [7, 11) is 0. The van der Waals surface area contributed by atoms with Crippen LogP contribution in [0, 0.1) is 0 Å². The molecule has 0 unspecified atom stereocenters. The Hall–Kier alpha value is -2.43. The van der Waals surface area contributed by atoms with Crippen molar-refractivity contribution in [3.05, 3.63) is 41.3 Å². The highest BCUT2D eigenvalue weighted by atomic mass is 32.2. The first-order chi connectivity index (χ1) is 13.1. The lowest BCUT2D eigenvalue weighted by Crippen LogP contribution is -2.16. The van der Waals surface area contributed by atoms with Gasteiger partial charge in [-0.3, -0.25) is 4.79 Å². The Labute approximate surface area is 168 Å². The average molecular weight is 421 g/mol. The molecule has 0 aliphatic rings. The van der Waals surface area contributed by atoms with Crippen molar-refractivity contribution in [2.45, 2.75) is 11.3 Å². The van der Waals surface area contributed by atoms with Crippen molar-refractivity contribution in [2.75, 3.05) is 23.4 Å². The van der Waals surface area contributed by atoms with Gasteiger partial charge in [-0.1, -0.05) is 53.4 Å². The van der Waals surface area contributed by atoms with E-state index >= 15 is 0 Å². The minimum atomic E-state index is -0.461. The zero-order chi connectivity index (χ0) is 19.2. The molecule has 140 valence electrons. The minimum absolute atomic E-state index is 0.134. The summed E-state index contributed by atoms with van der Waals surface area (Å²) >= 11 is 3.75. The Bertz CT molecular complexity index is 940. The molecule has 0 aliphatic carbocycles. The molecule has 0 spiro atoms. The molecule has 3 N–H and O–H groups in total. The summed E-state index contributed by atoms with van der Waals surface area (Å²) in [5, 5.41) is 13.0. The first kappa shape index (κ1) is 19.3. The number of nitrogens with two attached hydrogens (primary N) is 1. The summed E-state index contributed by atoms with van der Waals surface area (Å²) in [6, 6.07) is 9.51. The lowest BCUT2D eigenvalue weighted by molar-refractivity contribution is -0.113. The van der Waals surface area contributed by atoms with E-state index in [0.29, 0.717) is 20.0 Å². The van der Waals surface area contributed by atoms with Crippen molar-refractivity contribution in [1.82, 2.24) is 10.2 Å². The molecule has 0 aliphatic heterocycles. The van der Waals surface area contributed by atoms with Crippen LogP contribution in [0.25, 0.3) is 11.1 Å². The van der Waals surface area contributed by atoms with E-state index in [1.807, 2.05) is 35.7 Å². The van der Waals surface area contributed by atoms with Crippen molar-refractivity contribution in [3.63, 3.8) is 0 Å². The fourth-order valence-corrected chi connectivity index (χ4v) is 4.66. The Balaban J connectivity index is 1.78. The van der Waals surface area contributed by atoms with E-state index < -0.39 is 5.97 Å². The van der Waals surface area contributed by atoms with Crippen LogP contribution in [0.5, 0.6) is 0 Å². The van der Waals surface area contributed by atoms with Crippen molar-refractivity contribution >= 4 is 56.4 Å². The molecule has 3 rings (SSSR count). The normalized spacial score (nSPS) is 10.6. The molecule has 0 bridgehead atoms.